The number of nitrogens with one attached hydrogen (secondary N) is 1. The van der Waals surface area contributed by atoms with Gasteiger partial charge in [-0.25, -0.2) is 14.6 Å². The van der Waals surface area contributed by atoms with Crippen LogP contribution >= 0.6 is 0 Å². The molecular weight excluding hydrogens is 686 g/mol. The van der Waals surface area contributed by atoms with Crippen molar-refractivity contribution >= 4 is 36.5 Å². The number of rotatable bonds is 11. The van der Waals surface area contributed by atoms with Gasteiger partial charge in [0, 0.05) is 82.9 Å². The molecule has 18 heteroatoms. The molecule has 1 atom stereocenters. The van der Waals surface area contributed by atoms with Crippen LogP contribution in [0.5, 0.6) is 0 Å². The number of alkyl halides is 6. The third-order valence-electron chi connectivity index (χ3n) is 8.24. The first-order valence-electron chi connectivity index (χ1n) is 16.0. The van der Waals surface area contributed by atoms with E-state index in [0.29, 0.717) is 40.8 Å². The molecule has 0 radical (unpaired) electrons. The summed E-state index contributed by atoms with van der Waals surface area (Å²) in [6.07, 6.45) is -5.43. The van der Waals surface area contributed by atoms with Gasteiger partial charge in [-0.1, -0.05) is 37.8 Å². The number of amides is 1. The van der Waals surface area contributed by atoms with Crippen molar-refractivity contribution in [1.82, 2.24) is 29.2 Å². The normalized spacial score (nSPS) is 15.1. The van der Waals surface area contributed by atoms with Crippen LogP contribution in [0.25, 0.3) is 10.9 Å². The first-order chi connectivity index (χ1) is 23.4. The number of nitrogens with zero attached hydrogens (tertiary/aromatic N) is 7. The lowest BCUT2D eigenvalue weighted by Gasteiger charge is -2.34. The van der Waals surface area contributed by atoms with E-state index >= 15 is 0 Å². The summed E-state index contributed by atoms with van der Waals surface area (Å²) >= 11 is 0. The van der Waals surface area contributed by atoms with E-state index in [1.54, 1.807) is 51.8 Å². The highest BCUT2D eigenvalue weighted by molar-refractivity contribution is 6.76. The quantitative estimate of drug-likeness (QED) is 0.118. The Morgan fingerprint density at radius 3 is 2.26 bits per heavy atom. The minimum absolute atomic E-state index is 0.134. The first-order valence-corrected chi connectivity index (χ1v) is 19.7. The smallest absolute Gasteiger partial charge is 0.379 e. The van der Waals surface area contributed by atoms with Gasteiger partial charge in [0.1, 0.15) is 12.3 Å². The minimum Gasteiger partial charge on any atom is -0.379 e. The zero-order valence-corrected chi connectivity index (χ0v) is 29.0. The lowest BCUT2D eigenvalue weighted by Crippen LogP contribution is -2.49. The predicted octanol–water partition coefficient (Wildman–Crippen LogP) is 5.80. The van der Waals surface area contributed by atoms with Gasteiger partial charge >= 0.3 is 12.4 Å². The van der Waals surface area contributed by atoms with Crippen molar-refractivity contribution in [1.29, 1.82) is 0 Å². The zero-order valence-electron chi connectivity index (χ0n) is 28.0. The molecule has 1 saturated heterocycles. The molecule has 1 fully saturated rings. The van der Waals surface area contributed by atoms with E-state index in [9.17, 15) is 35.9 Å². The molecule has 0 aliphatic carbocycles. The number of anilines is 2. The molecule has 1 N–H and O–H groups in total. The predicted molar refractivity (Wildman–Crippen MR) is 178 cm³/mol. The molecule has 3 aromatic heterocycles. The Balaban J connectivity index is 1.28. The van der Waals surface area contributed by atoms with Gasteiger partial charge in [0.25, 0.3) is 11.5 Å². The van der Waals surface area contributed by atoms with Crippen LogP contribution < -0.4 is 15.8 Å². The van der Waals surface area contributed by atoms with Gasteiger partial charge in [0.05, 0.1) is 23.0 Å². The Morgan fingerprint density at radius 1 is 0.980 bits per heavy atom. The van der Waals surface area contributed by atoms with Crippen LogP contribution in [0.3, 0.4) is 0 Å². The molecule has 4 heterocycles. The lowest BCUT2D eigenvalue weighted by molar-refractivity contribution is -0.139. The van der Waals surface area contributed by atoms with Gasteiger partial charge in [-0.3, -0.25) is 9.59 Å². The van der Waals surface area contributed by atoms with Crippen molar-refractivity contribution in [2.24, 2.45) is 0 Å². The van der Waals surface area contributed by atoms with E-state index in [4.69, 9.17) is 4.74 Å². The second-order valence-electron chi connectivity index (χ2n) is 13.4. The number of ether oxygens (including phenoxy) is 1. The molecule has 1 amide bonds. The zero-order chi connectivity index (χ0) is 36.4. The van der Waals surface area contributed by atoms with Crippen LogP contribution in [-0.2, 0) is 30.4 Å². The number of hydrogen-bond acceptors (Lipinski definition) is 8. The topological polar surface area (TPSA) is 110 Å². The van der Waals surface area contributed by atoms with E-state index in [0.717, 1.165) is 24.6 Å². The summed E-state index contributed by atoms with van der Waals surface area (Å²) in [5.74, 6) is -0.136. The fourth-order valence-corrected chi connectivity index (χ4v) is 6.34. The molecule has 1 aromatic carbocycles. The SMILES string of the molecule is C[C@@H](Cn1cc(C(=O)N2CCN(c3ncc(C(F)(F)F)cn3)CC2)c2ccccc21)Nc1cnn(COCC[Si](C)(C)C)c(=O)c1C(F)(F)F. The molecule has 50 heavy (non-hydrogen) atoms. The third-order valence-corrected chi connectivity index (χ3v) is 9.95. The molecule has 1 aliphatic rings. The summed E-state index contributed by atoms with van der Waals surface area (Å²) in [6, 6.07) is 7.28. The van der Waals surface area contributed by atoms with Crippen LogP contribution in [0.4, 0.5) is 38.0 Å². The molecule has 0 unspecified atom stereocenters. The average Bonchev–Trinajstić information content (AvgIpc) is 3.40. The Kier molecular flexibility index (Phi) is 10.6. The van der Waals surface area contributed by atoms with Gasteiger partial charge in [0.15, 0.2) is 0 Å². The number of piperazine rings is 1. The molecule has 0 bridgehead atoms. The minimum atomic E-state index is -4.95. The van der Waals surface area contributed by atoms with Crippen LogP contribution in [0.1, 0.15) is 28.4 Å². The number of aromatic nitrogens is 5. The van der Waals surface area contributed by atoms with Gasteiger partial charge in [-0.05, 0) is 19.0 Å². The van der Waals surface area contributed by atoms with Crippen molar-refractivity contribution in [3.05, 3.63) is 76.1 Å². The number of carbonyl (C=O) groups excluding carboxylic acids is 1. The first kappa shape index (κ1) is 36.8. The molecule has 0 saturated carbocycles. The summed E-state index contributed by atoms with van der Waals surface area (Å²) in [7, 11) is -1.44. The van der Waals surface area contributed by atoms with Crippen molar-refractivity contribution in [3.8, 4) is 0 Å². The molecule has 1 aliphatic heterocycles. The molecule has 11 nitrogen and oxygen atoms in total. The average molecular weight is 725 g/mol. The summed E-state index contributed by atoms with van der Waals surface area (Å²) in [5.41, 5.74) is -3.03. The van der Waals surface area contributed by atoms with E-state index in [1.165, 1.54) is 0 Å². The van der Waals surface area contributed by atoms with E-state index in [1.807, 2.05) is 0 Å². The highest BCUT2D eigenvalue weighted by atomic mass is 28.3. The van der Waals surface area contributed by atoms with Crippen molar-refractivity contribution in [3.63, 3.8) is 0 Å². The number of hydrogen-bond donors (Lipinski definition) is 1. The molecule has 5 rings (SSSR count). The van der Waals surface area contributed by atoms with E-state index < -0.39 is 55.6 Å². The number of carbonyl (C=O) groups is 1. The Morgan fingerprint density at radius 2 is 1.64 bits per heavy atom. The summed E-state index contributed by atoms with van der Waals surface area (Å²) in [4.78, 5) is 37.6. The second kappa shape index (κ2) is 14.4. The standard InChI is InChI=1S/C32H38F6N8O3Si/c1-21(42-25-17-41-46(20-49-13-14-50(2,3)4)29(48)27(25)32(36,37)38)18-45-19-24(23-7-5-6-8-26(23)45)28(47)43-9-11-44(12-10-43)30-39-15-22(16-40-30)31(33,34)35/h5-8,15-17,19,21,42H,9-14,18,20H2,1-4H3/t21-/m0/s1. The summed E-state index contributed by atoms with van der Waals surface area (Å²) < 4.78 is 89.0. The fourth-order valence-electron chi connectivity index (χ4n) is 5.58. The second-order valence-corrected chi connectivity index (χ2v) is 19.0. The molecule has 4 aromatic rings. The summed E-state index contributed by atoms with van der Waals surface area (Å²) in [6.45, 7) is 9.25. The lowest BCUT2D eigenvalue weighted by atomic mass is 10.1. The maximum Gasteiger partial charge on any atom is 0.423 e. The van der Waals surface area contributed by atoms with E-state index in [-0.39, 0.29) is 31.5 Å². The van der Waals surface area contributed by atoms with Crippen LogP contribution in [0, 0.1) is 0 Å². The van der Waals surface area contributed by atoms with Gasteiger partial charge < -0.3 is 24.4 Å². The van der Waals surface area contributed by atoms with Gasteiger partial charge in [-0.2, -0.15) is 31.4 Å². The van der Waals surface area contributed by atoms with Crippen LogP contribution in [0.2, 0.25) is 25.7 Å². The number of benzene rings is 1. The van der Waals surface area contributed by atoms with Crippen LogP contribution in [-0.4, -0.2) is 82.0 Å². The van der Waals surface area contributed by atoms with Crippen molar-refractivity contribution < 1.29 is 35.9 Å². The van der Waals surface area contributed by atoms with Crippen molar-refractivity contribution in [2.45, 2.75) is 64.3 Å². The van der Waals surface area contributed by atoms with Gasteiger partial charge in [-0.15, -0.1) is 0 Å². The van der Waals surface area contributed by atoms with Crippen molar-refractivity contribution in [2.75, 3.05) is 43.0 Å². The number of halogens is 6. The highest BCUT2D eigenvalue weighted by Crippen LogP contribution is 2.33. The maximum atomic E-state index is 14.2. The number of fused-ring (bicyclic) bond motifs is 1. The van der Waals surface area contributed by atoms with E-state index in [2.05, 4.69) is 40.0 Å². The Hall–Kier alpha value is -4.45. The molecule has 0 spiro atoms. The Bertz CT molecular complexity index is 1860. The largest absolute Gasteiger partial charge is 0.423 e. The molecular formula is C32H38F6N8O3Si. The summed E-state index contributed by atoms with van der Waals surface area (Å²) in [5, 5.41) is 7.37. The van der Waals surface area contributed by atoms with Gasteiger partial charge in [0.2, 0.25) is 5.95 Å². The fraction of sp³-hybridized carbons (Fsp3) is 0.469. The maximum absolute atomic E-state index is 14.2. The van der Waals surface area contributed by atoms with Crippen LogP contribution in [0.15, 0.2) is 53.8 Å². The monoisotopic (exact) mass is 724 g/mol. The molecule has 270 valence electrons. The number of para-hydroxylation sites is 1. The Labute approximate surface area is 284 Å². The third kappa shape index (κ3) is 8.63. The highest BCUT2D eigenvalue weighted by Gasteiger charge is 2.39.